The summed E-state index contributed by atoms with van der Waals surface area (Å²) in [6.07, 6.45) is 4.77. The number of ether oxygens (including phenoxy) is 2. The minimum atomic E-state index is 0.351. The normalized spacial score (nSPS) is 11.9. The maximum absolute atomic E-state index is 5.94. The lowest BCUT2D eigenvalue weighted by Crippen LogP contribution is -2.15. The zero-order chi connectivity index (χ0) is 15.0. The van der Waals surface area contributed by atoms with Crippen LogP contribution < -0.4 is 15.2 Å². The number of thiocarbonyl (C=S) groups is 1. The molecule has 0 aliphatic rings. The number of nitrogens with two attached hydrogens (primary N) is 1. The van der Waals surface area contributed by atoms with Crippen molar-refractivity contribution in [1.29, 1.82) is 0 Å². The van der Waals surface area contributed by atoms with E-state index in [1.807, 2.05) is 18.2 Å². The van der Waals surface area contributed by atoms with Gasteiger partial charge in [0, 0.05) is 6.07 Å². The van der Waals surface area contributed by atoms with Crippen LogP contribution in [0, 0.1) is 5.92 Å². The third kappa shape index (κ3) is 5.00. The maximum Gasteiger partial charge on any atom is 0.133 e. The van der Waals surface area contributed by atoms with Gasteiger partial charge in [0.15, 0.2) is 0 Å². The van der Waals surface area contributed by atoms with Crippen LogP contribution >= 0.6 is 12.2 Å². The first-order valence-electron chi connectivity index (χ1n) is 7.22. The van der Waals surface area contributed by atoms with Crippen molar-refractivity contribution in [2.24, 2.45) is 11.7 Å². The summed E-state index contributed by atoms with van der Waals surface area (Å²) in [6, 6.07) is 5.54. The first kappa shape index (κ1) is 16.8. The van der Waals surface area contributed by atoms with Crippen molar-refractivity contribution in [3.8, 4) is 11.5 Å². The van der Waals surface area contributed by atoms with Gasteiger partial charge in [-0.25, -0.2) is 0 Å². The van der Waals surface area contributed by atoms with Crippen molar-refractivity contribution in [3.63, 3.8) is 0 Å². The van der Waals surface area contributed by atoms with Gasteiger partial charge >= 0.3 is 0 Å². The van der Waals surface area contributed by atoms with Crippen molar-refractivity contribution in [2.75, 3.05) is 13.7 Å². The Labute approximate surface area is 127 Å². The number of benzene rings is 1. The molecule has 0 bridgehead atoms. The van der Waals surface area contributed by atoms with Crippen LogP contribution in [-0.4, -0.2) is 18.7 Å². The molecule has 0 spiro atoms. The van der Waals surface area contributed by atoms with Crippen LogP contribution in [0.15, 0.2) is 18.2 Å². The van der Waals surface area contributed by atoms with E-state index in [0.717, 1.165) is 17.7 Å². The first-order chi connectivity index (χ1) is 9.62. The van der Waals surface area contributed by atoms with Gasteiger partial charge in [0.1, 0.15) is 16.5 Å². The molecule has 1 aromatic carbocycles. The second kappa shape index (κ2) is 8.80. The lowest BCUT2D eigenvalue weighted by molar-refractivity contribution is 0.232. The van der Waals surface area contributed by atoms with Crippen molar-refractivity contribution >= 4 is 17.2 Å². The molecule has 0 aromatic heterocycles. The highest BCUT2D eigenvalue weighted by molar-refractivity contribution is 7.80. The highest BCUT2D eigenvalue weighted by atomic mass is 32.1. The molecule has 0 saturated heterocycles. The number of rotatable bonds is 9. The zero-order valence-electron chi connectivity index (χ0n) is 12.6. The Kier molecular flexibility index (Phi) is 7.37. The Bertz CT molecular complexity index is 434. The van der Waals surface area contributed by atoms with Crippen LogP contribution in [0.25, 0.3) is 0 Å². The molecule has 1 aromatic rings. The molecule has 2 N–H and O–H groups in total. The minimum Gasteiger partial charge on any atom is -0.497 e. The number of methoxy groups -OCH3 is 1. The van der Waals surface area contributed by atoms with E-state index in [0.29, 0.717) is 23.3 Å². The minimum absolute atomic E-state index is 0.351. The van der Waals surface area contributed by atoms with Crippen LogP contribution in [-0.2, 0) is 0 Å². The summed E-state index contributed by atoms with van der Waals surface area (Å²) in [6.45, 7) is 5.10. The van der Waals surface area contributed by atoms with Crippen LogP contribution in [0.2, 0.25) is 0 Å². The van der Waals surface area contributed by atoms with Gasteiger partial charge in [-0.3, -0.25) is 0 Å². The van der Waals surface area contributed by atoms with E-state index in [-0.39, 0.29) is 0 Å². The summed E-state index contributed by atoms with van der Waals surface area (Å²) in [5, 5.41) is 0. The average Bonchev–Trinajstić information content (AvgIpc) is 2.47. The van der Waals surface area contributed by atoms with E-state index in [1.165, 1.54) is 19.3 Å². The standard InChI is InChI=1S/C16H25NO2S/c1-4-6-7-12(5-2)11-19-15-10-13(18-3)8-9-14(15)16(17)20/h8-10,12H,4-7,11H2,1-3H3,(H2,17,20). The van der Waals surface area contributed by atoms with Crippen molar-refractivity contribution in [1.82, 2.24) is 0 Å². The van der Waals surface area contributed by atoms with E-state index in [9.17, 15) is 0 Å². The molecular weight excluding hydrogens is 270 g/mol. The average molecular weight is 295 g/mol. The molecule has 1 atom stereocenters. The fourth-order valence-electron chi connectivity index (χ4n) is 2.06. The molecule has 0 aliphatic carbocycles. The smallest absolute Gasteiger partial charge is 0.133 e. The fraction of sp³-hybridized carbons (Fsp3) is 0.562. The lowest BCUT2D eigenvalue weighted by Gasteiger charge is -2.17. The van der Waals surface area contributed by atoms with E-state index < -0.39 is 0 Å². The second-order valence-electron chi connectivity index (χ2n) is 4.95. The molecule has 0 saturated carbocycles. The number of hydrogen-bond acceptors (Lipinski definition) is 3. The van der Waals surface area contributed by atoms with Gasteiger partial charge in [-0.2, -0.15) is 0 Å². The predicted octanol–water partition coefficient (Wildman–Crippen LogP) is 3.92. The van der Waals surface area contributed by atoms with Gasteiger partial charge in [-0.1, -0.05) is 45.3 Å². The van der Waals surface area contributed by atoms with Gasteiger partial charge in [0.05, 0.1) is 19.3 Å². The quantitative estimate of drug-likeness (QED) is 0.701. The second-order valence-corrected chi connectivity index (χ2v) is 5.39. The summed E-state index contributed by atoms with van der Waals surface area (Å²) < 4.78 is 11.2. The largest absolute Gasteiger partial charge is 0.497 e. The molecule has 0 heterocycles. The molecule has 3 nitrogen and oxygen atoms in total. The summed E-state index contributed by atoms with van der Waals surface area (Å²) in [5.41, 5.74) is 6.51. The van der Waals surface area contributed by atoms with Gasteiger partial charge in [-0.15, -0.1) is 0 Å². The SMILES string of the molecule is CCCCC(CC)COc1cc(OC)ccc1C(N)=S. The Morgan fingerprint density at radius 2 is 2.10 bits per heavy atom. The highest BCUT2D eigenvalue weighted by Crippen LogP contribution is 2.26. The van der Waals surface area contributed by atoms with Crippen molar-refractivity contribution in [3.05, 3.63) is 23.8 Å². The van der Waals surface area contributed by atoms with Crippen LogP contribution in [0.1, 0.15) is 45.1 Å². The summed E-state index contributed by atoms with van der Waals surface area (Å²) in [4.78, 5) is 0.351. The van der Waals surface area contributed by atoms with Crippen LogP contribution in [0.4, 0.5) is 0 Å². The predicted molar refractivity (Wildman–Crippen MR) is 87.7 cm³/mol. The van der Waals surface area contributed by atoms with Gasteiger partial charge in [-0.05, 0) is 24.5 Å². The van der Waals surface area contributed by atoms with E-state index in [1.54, 1.807) is 7.11 Å². The van der Waals surface area contributed by atoms with Crippen LogP contribution in [0.3, 0.4) is 0 Å². The summed E-state index contributed by atoms with van der Waals surface area (Å²) in [5.74, 6) is 2.04. The molecule has 0 fully saturated rings. The van der Waals surface area contributed by atoms with Gasteiger partial charge in [0.25, 0.3) is 0 Å². The van der Waals surface area contributed by atoms with Gasteiger partial charge in [0.2, 0.25) is 0 Å². The topological polar surface area (TPSA) is 44.5 Å². The first-order valence-corrected chi connectivity index (χ1v) is 7.63. The zero-order valence-corrected chi connectivity index (χ0v) is 13.5. The molecule has 1 unspecified atom stereocenters. The summed E-state index contributed by atoms with van der Waals surface area (Å²) in [7, 11) is 1.63. The molecule has 0 radical (unpaired) electrons. The Hall–Kier alpha value is -1.29. The Balaban J connectivity index is 2.76. The Morgan fingerprint density at radius 3 is 2.65 bits per heavy atom. The molecular formula is C16H25NO2S. The van der Waals surface area contributed by atoms with Gasteiger partial charge < -0.3 is 15.2 Å². The third-order valence-electron chi connectivity index (χ3n) is 3.47. The molecule has 20 heavy (non-hydrogen) atoms. The monoisotopic (exact) mass is 295 g/mol. The molecule has 4 heteroatoms. The van der Waals surface area contributed by atoms with Crippen molar-refractivity contribution < 1.29 is 9.47 Å². The lowest BCUT2D eigenvalue weighted by atomic mass is 10.0. The number of hydrogen-bond donors (Lipinski definition) is 1. The third-order valence-corrected chi connectivity index (χ3v) is 3.69. The van der Waals surface area contributed by atoms with E-state index >= 15 is 0 Å². The van der Waals surface area contributed by atoms with E-state index in [4.69, 9.17) is 27.4 Å². The van der Waals surface area contributed by atoms with E-state index in [2.05, 4.69) is 13.8 Å². The summed E-state index contributed by atoms with van der Waals surface area (Å²) >= 11 is 5.06. The molecule has 112 valence electrons. The fourth-order valence-corrected chi connectivity index (χ4v) is 2.23. The van der Waals surface area contributed by atoms with Crippen molar-refractivity contribution in [2.45, 2.75) is 39.5 Å². The Morgan fingerprint density at radius 1 is 1.35 bits per heavy atom. The highest BCUT2D eigenvalue weighted by Gasteiger charge is 2.12. The molecule has 0 amide bonds. The molecule has 0 aliphatic heterocycles. The van der Waals surface area contributed by atoms with Crippen LogP contribution in [0.5, 0.6) is 11.5 Å². The molecule has 1 rings (SSSR count). The number of unbranched alkanes of at least 4 members (excludes halogenated alkanes) is 1. The maximum atomic E-state index is 5.94.